The molecule has 2 aliphatic rings. The van der Waals surface area contributed by atoms with Gasteiger partial charge >= 0.3 is 6.09 Å². The van der Waals surface area contributed by atoms with E-state index >= 15 is 0 Å². The first-order valence-electron chi connectivity index (χ1n) is 12.6. The summed E-state index contributed by atoms with van der Waals surface area (Å²) in [7, 11) is 2.17. The molecule has 2 N–H and O–H groups in total. The summed E-state index contributed by atoms with van der Waals surface area (Å²) in [5.74, 6) is 0.768. The third-order valence-corrected chi connectivity index (χ3v) is 6.61. The van der Waals surface area contributed by atoms with Crippen LogP contribution < -0.4 is 10.2 Å². The number of likely N-dealkylation sites (N-methyl/N-ethyl adjacent to an activating group) is 1. The zero-order valence-electron chi connectivity index (χ0n) is 21.5. The number of hydrogen-bond acceptors (Lipinski definition) is 7. The summed E-state index contributed by atoms with van der Waals surface area (Å²) in [5, 5.41) is 4.44. The van der Waals surface area contributed by atoms with Crippen LogP contribution in [0.4, 0.5) is 22.0 Å². The van der Waals surface area contributed by atoms with Crippen molar-refractivity contribution >= 4 is 39.9 Å². The number of carbonyl (C=O) groups excluding carboxylic acids is 1. The molecule has 1 aromatic carbocycles. The molecule has 9 heteroatoms. The van der Waals surface area contributed by atoms with Gasteiger partial charge in [-0.25, -0.2) is 14.8 Å². The number of amides is 1. The van der Waals surface area contributed by atoms with Gasteiger partial charge in [-0.05, 0) is 64.1 Å². The van der Waals surface area contributed by atoms with E-state index in [1.165, 1.54) is 5.69 Å². The van der Waals surface area contributed by atoms with Crippen LogP contribution in [0.15, 0.2) is 42.7 Å². The lowest BCUT2D eigenvalue weighted by atomic mass is 10.1. The fraction of sp³-hybridized carbons (Fsp3) is 0.444. The monoisotopic (exact) mass is 489 g/mol. The summed E-state index contributed by atoms with van der Waals surface area (Å²) in [6.45, 7) is 11.0. The second kappa shape index (κ2) is 9.81. The Labute approximate surface area is 212 Å². The number of fused-ring (bicyclic) bond motifs is 1. The minimum absolute atomic E-state index is 0.273. The number of carbonyl (C=O) groups is 1. The first-order chi connectivity index (χ1) is 17.2. The van der Waals surface area contributed by atoms with Crippen molar-refractivity contribution in [1.29, 1.82) is 0 Å². The number of rotatable bonds is 4. The van der Waals surface area contributed by atoms with Crippen LogP contribution in [0.3, 0.4) is 0 Å². The van der Waals surface area contributed by atoms with Gasteiger partial charge in [0.25, 0.3) is 0 Å². The highest BCUT2D eigenvalue weighted by Gasteiger charge is 2.24. The van der Waals surface area contributed by atoms with Crippen LogP contribution in [0.25, 0.3) is 16.6 Å². The van der Waals surface area contributed by atoms with Gasteiger partial charge in [0.1, 0.15) is 23.4 Å². The molecule has 3 aromatic rings. The smallest absolute Gasteiger partial charge is 0.410 e. The lowest BCUT2D eigenvalue weighted by Gasteiger charge is -2.34. The van der Waals surface area contributed by atoms with Crippen LogP contribution in [-0.2, 0) is 4.74 Å². The second-order valence-electron chi connectivity index (χ2n) is 10.5. The lowest BCUT2D eigenvalue weighted by molar-refractivity contribution is 0.0270. The SMILES string of the molecule is CN1CCN(c2cccc(Nc3ncnc4[nH]c(C5=CCN(C(=O)OC(C)(C)C)CC5)cc34)c2)CC1. The van der Waals surface area contributed by atoms with Crippen LogP contribution in [0.5, 0.6) is 0 Å². The molecule has 0 aliphatic carbocycles. The van der Waals surface area contributed by atoms with Gasteiger partial charge in [-0.1, -0.05) is 12.1 Å². The van der Waals surface area contributed by atoms with E-state index in [-0.39, 0.29) is 6.09 Å². The minimum Gasteiger partial charge on any atom is -0.444 e. The molecular formula is C27H35N7O2. The Morgan fingerprint density at radius 3 is 2.61 bits per heavy atom. The van der Waals surface area contributed by atoms with Gasteiger partial charge in [0.15, 0.2) is 0 Å². The van der Waals surface area contributed by atoms with Crippen molar-refractivity contribution in [2.45, 2.75) is 32.8 Å². The highest BCUT2D eigenvalue weighted by Crippen LogP contribution is 2.30. The van der Waals surface area contributed by atoms with Crippen LogP contribution in [-0.4, -0.2) is 82.8 Å². The number of hydrogen-bond donors (Lipinski definition) is 2. The van der Waals surface area contributed by atoms with Crippen LogP contribution in [0, 0.1) is 0 Å². The molecule has 1 fully saturated rings. The molecule has 4 heterocycles. The maximum atomic E-state index is 12.4. The Kier molecular flexibility index (Phi) is 6.57. The maximum absolute atomic E-state index is 12.4. The fourth-order valence-electron chi connectivity index (χ4n) is 4.60. The number of anilines is 3. The predicted molar refractivity (Wildman–Crippen MR) is 144 cm³/mol. The summed E-state index contributed by atoms with van der Waals surface area (Å²) in [4.78, 5) is 31.3. The van der Waals surface area contributed by atoms with Gasteiger partial charge in [-0.2, -0.15) is 0 Å². The van der Waals surface area contributed by atoms with E-state index in [0.29, 0.717) is 13.1 Å². The minimum atomic E-state index is -0.496. The standard InChI is InChI=1S/C27H35N7O2/c1-27(2,3)36-26(35)34-10-8-19(9-11-34)23-17-22-24(28-18-29-25(22)31-23)30-20-6-5-7-21(16-20)33-14-12-32(4)13-15-33/h5-8,16-18H,9-15H2,1-4H3,(H2,28,29,30,31). The molecule has 0 saturated carbocycles. The molecule has 9 nitrogen and oxygen atoms in total. The van der Waals surface area contributed by atoms with Crippen LogP contribution in [0.2, 0.25) is 0 Å². The molecule has 0 unspecified atom stereocenters. The summed E-state index contributed by atoms with van der Waals surface area (Å²) < 4.78 is 5.51. The summed E-state index contributed by atoms with van der Waals surface area (Å²) in [5.41, 5.74) is 4.67. The van der Waals surface area contributed by atoms with Crippen molar-refractivity contribution in [1.82, 2.24) is 24.8 Å². The van der Waals surface area contributed by atoms with Gasteiger partial charge in [0.2, 0.25) is 0 Å². The Morgan fingerprint density at radius 1 is 1.08 bits per heavy atom. The normalized spacial score (nSPS) is 17.3. The van der Waals surface area contributed by atoms with Crippen molar-refractivity contribution < 1.29 is 9.53 Å². The molecule has 2 aromatic heterocycles. The number of piperazine rings is 1. The second-order valence-corrected chi connectivity index (χ2v) is 10.5. The van der Waals surface area contributed by atoms with Crippen molar-refractivity contribution in [3.8, 4) is 0 Å². The molecule has 1 amide bonds. The number of nitrogens with one attached hydrogen (secondary N) is 2. The van der Waals surface area contributed by atoms with E-state index in [4.69, 9.17) is 4.74 Å². The number of H-pyrrole nitrogens is 1. The quantitative estimate of drug-likeness (QED) is 0.559. The molecule has 0 atom stereocenters. The van der Waals surface area contributed by atoms with E-state index in [1.54, 1.807) is 11.2 Å². The largest absolute Gasteiger partial charge is 0.444 e. The molecule has 1 saturated heterocycles. The van der Waals surface area contributed by atoms with E-state index < -0.39 is 5.60 Å². The topological polar surface area (TPSA) is 89.6 Å². The van der Waals surface area contributed by atoms with E-state index in [2.05, 4.69) is 73.5 Å². The maximum Gasteiger partial charge on any atom is 0.410 e. The third-order valence-electron chi connectivity index (χ3n) is 6.61. The van der Waals surface area contributed by atoms with Gasteiger partial charge in [-0.15, -0.1) is 0 Å². The number of nitrogens with zero attached hydrogens (tertiary/aromatic N) is 5. The number of ether oxygens (including phenoxy) is 1. The molecule has 2 aliphatic heterocycles. The van der Waals surface area contributed by atoms with Crippen molar-refractivity contribution in [3.63, 3.8) is 0 Å². The summed E-state index contributed by atoms with van der Waals surface area (Å²) in [6.07, 6.45) is 4.13. The Balaban J connectivity index is 1.32. The first-order valence-corrected chi connectivity index (χ1v) is 12.6. The van der Waals surface area contributed by atoms with Crippen LogP contribution >= 0.6 is 0 Å². The van der Waals surface area contributed by atoms with Crippen molar-refractivity contribution in [3.05, 3.63) is 48.4 Å². The number of aromatic amines is 1. The first kappa shape index (κ1) is 24.1. The highest BCUT2D eigenvalue weighted by atomic mass is 16.6. The van der Waals surface area contributed by atoms with Gasteiger partial charge in [0.05, 0.1) is 5.39 Å². The van der Waals surface area contributed by atoms with Crippen molar-refractivity contribution in [2.24, 2.45) is 0 Å². The molecule has 36 heavy (non-hydrogen) atoms. The zero-order chi connectivity index (χ0) is 25.3. The number of aromatic nitrogens is 3. The molecule has 0 spiro atoms. The summed E-state index contributed by atoms with van der Waals surface area (Å²) >= 11 is 0. The molecule has 0 bridgehead atoms. The molecule has 0 radical (unpaired) electrons. The highest BCUT2D eigenvalue weighted by molar-refractivity contribution is 5.92. The average Bonchev–Trinajstić information content (AvgIpc) is 3.29. The Hall–Kier alpha value is -3.59. The zero-order valence-corrected chi connectivity index (χ0v) is 21.5. The van der Waals surface area contributed by atoms with Crippen LogP contribution in [0.1, 0.15) is 32.9 Å². The molecule has 5 rings (SSSR count). The molecule has 190 valence electrons. The fourth-order valence-corrected chi connectivity index (χ4v) is 4.60. The van der Waals surface area contributed by atoms with Gasteiger partial charge in [0, 0.05) is 56.3 Å². The average molecular weight is 490 g/mol. The third kappa shape index (κ3) is 5.46. The summed E-state index contributed by atoms with van der Waals surface area (Å²) in [6, 6.07) is 10.6. The Bertz CT molecular complexity index is 1270. The van der Waals surface area contributed by atoms with Gasteiger partial charge < -0.3 is 29.7 Å². The van der Waals surface area contributed by atoms with E-state index in [0.717, 1.165) is 66.4 Å². The van der Waals surface area contributed by atoms with Gasteiger partial charge in [-0.3, -0.25) is 0 Å². The lowest BCUT2D eigenvalue weighted by Crippen LogP contribution is -2.44. The number of benzene rings is 1. The van der Waals surface area contributed by atoms with E-state index in [1.807, 2.05) is 20.8 Å². The predicted octanol–water partition coefficient (Wildman–Crippen LogP) is 4.48. The van der Waals surface area contributed by atoms with E-state index in [9.17, 15) is 4.79 Å². The Morgan fingerprint density at radius 2 is 1.89 bits per heavy atom. The molecular weight excluding hydrogens is 454 g/mol. The van der Waals surface area contributed by atoms with Crippen molar-refractivity contribution in [2.75, 3.05) is 56.5 Å².